The summed E-state index contributed by atoms with van der Waals surface area (Å²) < 4.78 is 75.2. The summed E-state index contributed by atoms with van der Waals surface area (Å²) in [5.74, 6) is -1.30. The first-order valence-electron chi connectivity index (χ1n) is 12.3. The minimum Gasteiger partial charge on any atom is -0.366 e. The van der Waals surface area contributed by atoms with Crippen LogP contribution in [-0.2, 0) is 20.5 Å². The van der Waals surface area contributed by atoms with Crippen molar-refractivity contribution in [1.82, 2.24) is 4.90 Å². The molecule has 5 nitrogen and oxygen atoms in total. The van der Waals surface area contributed by atoms with Crippen molar-refractivity contribution in [2.75, 3.05) is 17.5 Å². The summed E-state index contributed by atoms with van der Waals surface area (Å²) in [5, 5.41) is 0.377. The van der Waals surface area contributed by atoms with Crippen LogP contribution in [0.3, 0.4) is 0 Å². The predicted octanol–water partition coefficient (Wildman–Crippen LogP) is 5.81. The predicted molar refractivity (Wildman–Crippen MR) is 133 cm³/mol. The summed E-state index contributed by atoms with van der Waals surface area (Å²) in [7, 11) is -1.54. The summed E-state index contributed by atoms with van der Waals surface area (Å²) in [5.41, 5.74) is 0.837. The summed E-state index contributed by atoms with van der Waals surface area (Å²) in [6.07, 6.45) is -4.59. The van der Waals surface area contributed by atoms with Crippen molar-refractivity contribution in [1.29, 1.82) is 0 Å². The van der Waals surface area contributed by atoms with E-state index in [9.17, 15) is 26.6 Å². The van der Waals surface area contributed by atoms with Crippen molar-refractivity contribution >= 4 is 34.2 Å². The fourth-order valence-electron chi connectivity index (χ4n) is 4.86. The summed E-state index contributed by atoms with van der Waals surface area (Å²) in [6, 6.07) is 11.5. The van der Waals surface area contributed by atoms with Gasteiger partial charge in [0.05, 0.1) is 42.6 Å². The van der Waals surface area contributed by atoms with Crippen LogP contribution in [0.5, 0.6) is 0 Å². The van der Waals surface area contributed by atoms with Crippen molar-refractivity contribution in [3.05, 3.63) is 64.9 Å². The molecule has 37 heavy (non-hydrogen) atoms. The largest absolute Gasteiger partial charge is 0.392 e. The zero-order valence-corrected chi connectivity index (χ0v) is 21.4. The SMILES string of the molecule is O=C1C(CC(F)(F)F)OCC(c2ccc(Cl)cc2)N1C(CN(c1ccccc1F)S(=O)C1CC1)C1CC1. The Morgan fingerprint density at radius 2 is 1.76 bits per heavy atom. The van der Waals surface area contributed by atoms with E-state index < -0.39 is 53.5 Å². The summed E-state index contributed by atoms with van der Waals surface area (Å²) in [6.45, 7) is -0.0774. The fraction of sp³-hybridized carbons (Fsp3) is 0.500. The maximum absolute atomic E-state index is 14.9. The molecule has 5 rings (SSSR count). The van der Waals surface area contributed by atoms with Gasteiger partial charge in [0.1, 0.15) is 22.9 Å². The van der Waals surface area contributed by atoms with Crippen LogP contribution in [0.4, 0.5) is 23.2 Å². The molecule has 2 aliphatic carbocycles. The number of halogens is 5. The van der Waals surface area contributed by atoms with Gasteiger partial charge in [0, 0.05) is 5.02 Å². The number of hydrogen-bond donors (Lipinski definition) is 0. The zero-order valence-electron chi connectivity index (χ0n) is 19.9. The van der Waals surface area contributed by atoms with Crippen LogP contribution in [0.1, 0.15) is 43.7 Å². The molecule has 0 N–H and O–H groups in total. The number of amides is 1. The van der Waals surface area contributed by atoms with E-state index >= 15 is 0 Å². The lowest BCUT2D eigenvalue weighted by Gasteiger charge is -2.45. The number of ether oxygens (including phenoxy) is 1. The second-order valence-electron chi connectivity index (χ2n) is 9.85. The van der Waals surface area contributed by atoms with Crippen LogP contribution in [0.15, 0.2) is 48.5 Å². The number of nitrogens with zero attached hydrogens (tertiary/aromatic N) is 2. The van der Waals surface area contributed by atoms with Gasteiger partial charge in [-0.2, -0.15) is 13.2 Å². The van der Waals surface area contributed by atoms with Crippen molar-refractivity contribution in [3.63, 3.8) is 0 Å². The van der Waals surface area contributed by atoms with E-state index in [1.54, 1.807) is 42.5 Å². The van der Waals surface area contributed by atoms with Gasteiger partial charge in [0.2, 0.25) is 0 Å². The van der Waals surface area contributed by atoms with E-state index in [0.29, 0.717) is 10.6 Å². The Hall–Kier alpha value is -2.17. The van der Waals surface area contributed by atoms with Crippen molar-refractivity contribution in [2.24, 2.45) is 5.92 Å². The molecule has 1 aliphatic heterocycles. The summed E-state index contributed by atoms with van der Waals surface area (Å²) in [4.78, 5) is 15.1. The number of carbonyl (C=O) groups is 1. The molecule has 0 aromatic heterocycles. The third-order valence-corrected chi connectivity index (χ3v) is 9.09. The van der Waals surface area contributed by atoms with Gasteiger partial charge in [-0.25, -0.2) is 8.60 Å². The van der Waals surface area contributed by atoms with Gasteiger partial charge in [-0.05, 0) is 61.4 Å². The van der Waals surface area contributed by atoms with Gasteiger partial charge in [-0.3, -0.25) is 9.10 Å². The van der Waals surface area contributed by atoms with Crippen molar-refractivity contribution in [3.8, 4) is 0 Å². The van der Waals surface area contributed by atoms with Crippen molar-refractivity contribution < 1.29 is 31.3 Å². The normalized spacial score (nSPS) is 24.1. The van der Waals surface area contributed by atoms with Gasteiger partial charge < -0.3 is 9.64 Å². The molecule has 2 aromatic carbocycles. The highest BCUT2D eigenvalue weighted by molar-refractivity contribution is 7.87. The molecule has 11 heteroatoms. The van der Waals surface area contributed by atoms with Gasteiger partial charge in [0.25, 0.3) is 5.91 Å². The first-order chi connectivity index (χ1) is 17.6. The van der Waals surface area contributed by atoms with Crippen LogP contribution < -0.4 is 4.31 Å². The second-order valence-corrected chi connectivity index (χ2v) is 11.9. The highest BCUT2D eigenvalue weighted by Crippen LogP contribution is 2.43. The lowest BCUT2D eigenvalue weighted by Crippen LogP contribution is -2.58. The second kappa shape index (κ2) is 10.5. The first-order valence-corrected chi connectivity index (χ1v) is 13.9. The molecule has 2 saturated carbocycles. The molecule has 4 unspecified atom stereocenters. The number of carbonyl (C=O) groups excluding carboxylic acids is 1. The molecule has 200 valence electrons. The molecular formula is C26H27ClF4N2O3S. The van der Waals surface area contributed by atoms with E-state index in [1.807, 2.05) is 0 Å². The topological polar surface area (TPSA) is 49.9 Å². The first kappa shape index (κ1) is 26.4. The number of alkyl halides is 3. The smallest absolute Gasteiger partial charge is 0.366 e. The van der Waals surface area contributed by atoms with Crippen LogP contribution in [0.25, 0.3) is 0 Å². The number of morpholine rings is 1. The maximum Gasteiger partial charge on any atom is 0.392 e. The van der Waals surface area contributed by atoms with E-state index in [0.717, 1.165) is 25.7 Å². The highest BCUT2D eigenvalue weighted by Gasteiger charge is 2.50. The van der Waals surface area contributed by atoms with E-state index in [1.165, 1.54) is 15.3 Å². The van der Waals surface area contributed by atoms with Crippen molar-refractivity contribution in [2.45, 2.75) is 61.7 Å². The molecular weight excluding hydrogens is 532 g/mol. The number of anilines is 1. The van der Waals surface area contributed by atoms with Crippen LogP contribution in [-0.4, -0.2) is 51.7 Å². The van der Waals surface area contributed by atoms with Crippen LogP contribution in [0.2, 0.25) is 5.02 Å². The Balaban J connectivity index is 1.52. The minimum absolute atomic E-state index is 0.00568. The standard InChI is InChI=1S/C26H27ClF4N2O3S/c27-18-9-7-17(8-10-18)23-15-36-24(13-26(29,30)31)25(34)33(23)22(16-5-6-16)14-32(37(35)19-11-12-19)21-4-2-1-3-20(21)28/h1-4,7-10,16,19,22-24H,5-6,11-15H2. The van der Waals surface area contributed by atoms with Gasteiger partial charge in [-0.15, -0.1) is 0 Å². The average molecular weight is 559 g/mol. The Morgan fingerprint density at radius 1 is 1.08 bits per heavy atom. The monoisotopic (exact) mass is 558 g/mol. The fourth-order valence-corrected chi connectivity index (χ4v) is 6.53. The Morgan fingerprint density at radius 3 is 2.35 bits per heavy atom. The molecule has 0 spiro atoms. The van der Waals surface area contributed by atoms with Crippen LogP contribution in [0, 0.1) is 11.7 Å². The number of rotatable bonds is 9. The third-order valence-electron chi connectivity index (χ3n) is 7.02. The van der Waals surface area contributed by atoms with E-state index in [-0.39, 0.29) is 30.0 Å². The lowest BCUT2D eigenvalue weighted by atomic mass is 9.97. The number of para-hydroxylation sites is 1. The third kappa shape index (κ3) is 6.12. The average Bonchev–Trinajstić information content (AvgIpc) is 3.75. The number of benzene rings is 2. The molecule has 1 saturated heterocycles. The molecule has 1 heterocycles. The molecule has 3 aliphatic rings. The molecule has 1 amide bonds. The zero-order chi connectivity index (χ0) is 26.3. The number of hydrogen-bond acceptors (Lipinski definition) is 3. The van der Waals surface area contributed by atoms with E-state index in [2.05, 4.69) is 0 Å². The molecule has 0 bridgehead atoms. The maximum atomic E-state index is 14.9. The van der Waals surface area contributed by atoms with Gasteiger partial charge in [-0.1, -0.05) is 35.9 Å². The summed E-state index contributed by atoms with van der Waals surface area (Å²) >= 11 is 6.04. The Bertz CT molecular complexity index is 1160. The quantitative estimate of drug-likeness (QED) is 0.365. The molecule has 4 atom stereocenters. The minimum atomic E-state index is -4.58. The molecule has 3 fully saturated rings. The van der Waals surface area contributed by atoms with Gasteiger partial charge >= 0.3 is 6.18 Å². The van der Waals surface area contributed by atoms with E-state index in [4.69, 9.17) is 16.3 Å². The Labute approximate surface area is 220 Å². The van der Waals surface area contributed by atoms with Gasteiger partial charge in [0.15, 0.2) is 0 Å². The molecule has 0 radical (unpaired) electrons. The highest BCUT2D eigenvalue weighted by atomic mass is 35.5. The Kier molecular flexibility index (Phi) is 7.53. The van der Waals surface area contributed by atoms with Crippen LogP contribution >= 0.6 is 11.6 Å². The lowest BCUT2D eigenvalue weighted by molar-refractivity contribution is -0.192. The molecule has 2 aromatic rings.